The molecule has 1 N–H and O–H groups in total. The predicted octanol–water partition coefficient (Wildman–Crippen LogP) is 4.42. The Bertz CT molecular complexity index is 1280. The molecule has 2 aromatic carbocycles. The lowest BCUT2D eigenvalue weighted by atomic mass is 10.1. The minimum atomic E-state index is -3.80. The molecule has 0 saturated carbocycles. The van der Waals surface area contributed by atoms with E-state index in [0.29, 0.717) is 30.0 Å². The summed E-state index contributed by atoms with van der Waals surface area (Å²) in [5.41, 5.74) is 2.07. The standard InChI is InChI=1S/C24H22ClN3O3S/c1-3-28(4-2)32(30,31)23-17-19(12-14-22(23)25)24(29)27-21-10-7-8-18(16-21)11-13-20-9-5-6-15-26-20/h5-10,12,14-17H,3-4H2,1-2H3,(H,27,29). The number of amides is 1. The van der Waals surface area contributed by atoms with Crippen LogP contribution in [-0.2, 0) is 10.0 Å². The first-order valence-electron chi connectivity index (χ1n) is 9.99. The molecule has 0 spiro atoms. The molecule has 1 aromatic heterocycles. The van der Waals surface area contributed by atoms with Crippen molar-refractivity contribution in [2.45, 2.75) is 18.7 Å². The average molecular weight is 468 g/mol. The second-order valence-electron chi connectivity index (χ2n) is 6.73. The zero-order valence-corrected chi connectivity index (χ0v) is 19.2. The number of rotatable bonds is 6. The topological polar surface area (TPSA) is 79.4 Å². The quantitative estimate of drug-likeness (QED) is 0.544. The number of halogens is 1. The van der Waals surface area contributed by atoms with Crippen molar-refractivity contribution in [3.8, 4) is 11.8 Å². The number of nitrogens with zero attached hydrogens (tertiary/aromatic N) is 2. The van der Waals surface area contributed by atoms with E-state index in [1.165, 1.54) is 22.5 Å². The average Bonchev–Trinajstić information content (AvgIpc) is 2.79. The Morgan fingerprint density at radius 2 is 1.81 bits per heavy atom. The van der Waals surface area contributed by atoms with Gasteiger partial charge in [-0.15, -0.1) is 0 Å². The summed E-state index contributed by atoms with van der Waals surface area (Å²) in [5.74, 6) is 5.52. The fourth-order valence-corrected chi connectivity index (χ4v) is 4.95. The third kappa shape index (κ3) is 5.54. The molecule has 6 nitrogen and oxygen atoms in total. The highest BCUT2D eigenvalue weighted by molar-refractivity contribution is 7.89. The summed E-state index contributed by atoms with van der Waals surface area (Å²) < 4.78 is 27.0. The summed E-state index contributed by atoms with van der Waals surface area (Å²) in [6, 6.07) is 16.7. The van der Waals surface area contributed by atoms with E-state index in [-0.39, 0.29) is 15.5 Å². The monoisotopic (exact) mass is 467 g/mol. The highest BCUT2D eigenvalue weighted by atomic mass is 35.5. The predicted molar refractivity (Wildman–Crippen MR) is 126 cm³/mol. The van der Waals surface area contributed by atoms with Crippen molar-refractivity contribution in [2.75, 3.05) is 18.4 Å². The number of carbonyl (C=O) groups excluding carboxylic acids is 1. The van der Waals surface area contributed by atoms with Crippen LogP contribution in [0.5, 0.6) is 0 Å². The highest BCUT2D eigenvalue weighted by Crippen LogP contribution is 2.26. The molecular formula is C24H22ClN3O3S. The molecule has 3 aromatic rings. The van der Waals surface area contributed by atoms with Gasteiger partial charge in [0.1, 0.15) is 10.6 Å². The van der Waals surface area contributed by atoms with Gasteiger partial charge in [0.05, 0.1) is 5.02 Å². The number of carbonyl (C=O) groups is 1. The van der Waals surface area contributed by atoms with Gasteiger partial charge in [-0.2, -0.15) is 4.31 Å². The van der Waals surface area contributed by atoms with Crippen LogP contribution in [0.3, 0.4) is 0 Å². The largest absolute Gasteiger partial charge is 0.322 e. The van der Waals surface area contributed by atoms with E-state index in [1.54, 1.807) is 38.2 Å². The van der Waals surface area contributed by atoms with E-state index in [2.05, 4.69) is 22.1 Å². The zero-order valence-electron chi connectivity index (χ0n) is 17.7. The fourth-order valence-electron chi connectivity index (χ4n) is 3.00. The molecule has 3 rings (SSSR count). The number of hydrogen-bond acceptors (Lipinski definition) is 4. The summed E-state index contributed by atoms with van der Waals surface area (Å²) in [5, 5.41) is 2.85. The SMILES string of the molecule is CCN(CC)S(=O)(=O)c1cc(C(=O)Nc2cccc(C#Cc3ccccn3)c2)ccc1Cl. The second kappa shape index (κ2) is 10.4. The lowest BCUT2D eigenvalue weighted by Gasteiger charge is -2.19. The van der Waals surface area contributed by atoms with Gasteiger partial charge in [-0.1, -0.05) is 43.5 Å². The lowest BCUT2D eigenvalue weighted by Crippen LogP contribution is -2.31. The Labute approximate surface area is 193 Å². The fraction of sp³-hybridized carbons (Fsp3) is 0.167. The smallest absolute Gasteiger partial charge is 0.255 e. The van der Waals surface area contributed by atoms with Gasteiger partial charge in [-0.05, 0) is 54.5 Å². The molecule has 1 amide bonds. The van der Waals surface area contributed by atoms with Gasteiger partial charge in [-0.25, -0.2) is 13.4 Å². The number of hydrogen-bond donors (Lipinski definition) is 1. The van der Waals surface area contributed by atoms with Crippen LogP contribution in [0.15, 0.2) is 71.8 Å². The second-order valence-corrected chi connectivity index (χ2v) is 9.05. The molecule has 0 aliphatic heterocycles. The van der Waals surface area contributed by atoms with E-state index in [1.807, 2.05) is 24.3 Å². The Hall–Kier alpha value is -3.18. The van der Waals surface area contributed by atoms with Crippen LogP contribution in [0, 0.1) is 11.8 Å². The van der Waals surface area contributed by atoms with Crippen molar-refractivity contribution in [2.24, 2.45) is 0 Å². The van der Waals surface area contributed by atoms with Crippen LogP contribution in [0.25, 0.3) is 0 Å². The molecule has 0 aliphatic carbocycles. The molecule has 0 fully saturated rings. The molecular weight excluding hydrogens is 446 g/mol. The first-order chi connectivity index (χ1) is 15.3. The summed E-state index contributed by atoms with van der Waals surface area (Å²) >= 11 is 6.15. The number of anilines is 1. The summed E-state index contributed by atoms with van der Waals surface area (Å²) in [6.45, 7) is 4.10. The Morgan fingerprint density at radius 1 is 1.03 bits per heavy atom. The van der Waals surface area contributed by atoms with Gasteiger partial charge in [0, 0.05) is 36.1 Å². The van der Waals surface area contributed by atoms with Crippen molar-refractivity contribution in [3.63, 3.8) is 0 Å². The van der Waals surface area contributed by atoms with E-state index < -0.39 is 15.9 Å². The number of aromatic nitrogens is 1. The van der Waals surface area contributed by atoms with E-state index in [9.17, 15) is 13.2 Å². The van der Waals surface area contributed by atoms with Crippen LogP contribution in [-0.4, -0.2) is 36.7 Å². The summed E-state index contributed by atoms with van der Waals surface area (Å²) in [7, 11) is -3.80. The molecule has 0 saturated heterocycles. The van der Waals surface area contributed by atoms with Gasteiger partial charge in [-0.3, -0.25) is 4.79 Å². The van der Waals surface area contributed by atoms with Gasteiger partial charge >= 0.3 is 0 Å². The Morgan fingerprint density at radius 3 is 2.50 bits per heavy atom. The van der Waals surface area contributed by atoms with Gasteiger partial charge in [0.2, 0.25) is 10.0 Å². The third-order valence-corrected chi connectivity index (χ3v) is 7.17. The molecule has 1 heterocycles. The molecule has 32 heavy (non-hydrogen) atoms. The Balaban J connectivity index is 1.83. The van der Waals surface area contributed by atoms with Crippen LogP contribution >= 0.6 is 11.6 Å². The summed E-state index contributed by atoms with van der Waals surface area (Å²) in [4.78, 5) is 16.9. The first kappa shape index (κ1) is 23.5. The maximum atomic E-state index is 12.9. The maximum Gasteiger partial charge on any atom is 0.255 e. The molecule has 0 aliphatic rings. The molecule has 0 atom stereocenters. The van der Waals surface area contributed by atoms with Crippen molar-refractivity contribution in [1.29, 1.82) is 0 Å². The number of pyridine rings is 1. The number of nitrogens with one attached hydrogen (secondary N) is 1. The highest BCUT2D eigenvalue weighted by Gasteiger charge is 2.25. The van der Waals surface area contributed by atoms with E-state index >= 15 is 0 Å². The minimum Gasteiger partial charge on any atom is -0.322 e. The van der Waals surface area contributed by atoms with Crippen LogP contribution in [0.1, 0.15) is 35.5 Å². The Kier molecular flexibility index (Phi) is 7.65. The van der Waals surface area contributed by atoms with E-state index in [4.69, 9.17) is 11.6 Å². The number of benzene rings is 2. The van der Waals surface area contributed by atoms with Crippen molar-refractivity contribution >= 4 is 33.2 Å². The van der Waals surface area contributed by atoms with Crippen molar-refractivity contribution in [3.05, 3.63) is 88.7 Å². The van der Waals surface area contributed by atoms with Gasteiger partial charge in [0.15, 0.2) is 0 Å². The summed E-state index contributed by atoms with van der Waals surface area (Å²) in [6.07, 6.45) is 1.67. The molecule has 8 heteroatoms. The van der Waals surface area contributed by atoms with E-state index in [0.717, 1.165) is 0 Å². The first-order valence-corrected chi connectivity index (χ1v) is 11.8. The maximum absolute atomic E-state index is 12.9. The third-order valence-electron chi connectivity index (χ3n) is 4.64. The number of sulfonamides is 1. The molecule has 164 valence electrons. The van der Waals surface area contributed by atoms with Crippen molar-refractivity contribution < 1.29 is 13.2 Å². The van der Waals surface area contributed by atoms with Crippen LogP contribution < -0.4 is 5.32 Å². The zero-order chi connectivity index (χ0) is 23.1. The molecule has 0 unspecified atom stereocenters. The van der Waals surface area contributed by atoms with Crippen LogP contribution in [0.4, 0.5) is 5.69 Å². The molecule has 0 bridgehead atoms. The van der Waals surface area contributed by atoms with Crippen molar-refractivity contribution in [1.82, 2.24) is 9.29 Å². The van der Waals surface area contributed by atoms with Gasteiger partial charge in [0.25, 0.3) is 5.91 Å². The lowest BCUT2D eigenvalue weighted by molar-refractivity contribution is 0.102. The van der Waals surface area contributed by atoms with Crippen LogP contribution in [0.2, 0.25) is 5.02 Å². The minimum absolute atomic E-state index is 0.0697. The van der Waals surface area contributed by atoms with Gasteiger partial charge < -0.3 is 5.32 Å². The molecule has 0 radical (unpaired) electrons. The normalized spacial score (nSPS) is 11.0.